The van der Waals surface area contributed by atoms with Gasteiger partial charge >= 0.3 is 0 Å². The van der Waals surface area contributed by atoms with Crippen molar-refractivity contribution in [3.63, 3.8) is 0 Å². The molecule has 0 saturated carbocycles. The number of nitrogens with zero attached hydrogens (tertiary/aromatic N) is 3. The molecule has 1 aliphatic rings. The van der Waals surface area contributed by atoms with Gasteiger partial charge in [0.1, 0.15) is 5.82 Å². The second-order valence-corrected chi connectivity index (χ2v) is 9.37. The van der Waals surface area contributed by atoms with Crippen LogP contribution in [0, 0.1) is 23.2 Å². The molecule has 2 heterocycles. The second-order valence-electron chi connectivity index (χ2n) is 9.37. The molecule has 174 valence electrons. The van der Waals surface area contributed by atoms with Crippen molar-refractivity contribution < 1.29 is 4.79 Å². The summed E-state index contributed by atoms with van der Waals surface area (Å²) in [6, 6.07) is 17.5. The lowest BCUT2D eigenvalue weighted by Gasteiger charge is -2.37. The van der Waals surface area contributed by atoms with Crippen LogP contribution in [0.4, 0.5) is 5.69 Å². The van der Waals surface area contributed by atoms with E-state index in [1.807, 2.05) is 6.07 Å². The first kappa shape index (κ1) is 24.5. The molecule has 2 atom stereocenters. The number of nitrogens with one attached hydrogen (secondary N) is 2. The minimum Gasteiger partial charge on any atom is -0.341 e. The van der Waals surface area contributed by atoms with Gasteiger partial charge in [0, 0.05) is 12.6 Å². The minimum absolute atomic E-state index is 0.111. The van der Waals surface area contributed by atoms with Crippen molar-refractivity contribution in [3.05, 3.63) is 59.9 Å². The molecule has 4 rings (SSSR count). The molecular formula is C27H35N5O. The third kappa shape index (κ3) is 7.16. The van der Waals surface area contributed by atoms with Gasteiger partial charge in [0.25, 0.3) is 0 Å². The number of fused-ring (bicyclic) bond motifs is 1. The van der Waals surface area contributed by atoms with Crippen molar-refractivity contribution >= 4 is 22.6 Å². The van der Waals surface area contributed by atoms with Crippen LogP contribution in [0.3, 0.4) is 0 Å². The molecule has 2 N–H and O–H groups in total. The first-order valence-corrected chi connectivity index (χ1v) is 11.8. The van der Waals surface area contributed by atoms with Crippen LogP contribution in [-0.2, 0) is 4.79 Å². The van der Waals surface area contributed by atoms with Gasteiger partial charge in [-0.15, -0.1) is 0 Å². The summed E-state index contributed by atoms with van der Waals surface area (Å²) in [6.07, 6.45) is 3.80. The van der Waals surface area contributed by atoms with Gasteiger partial charge in [-0.05, 0) is 80.6 Å². The van der Waals surface area contributed by atoms with E-state index in [4.69, 9.17) is 10.2 Å². The number of benzene rings is 2. The summed E-state index contributed by atoms with van der Waals surface area (Å²) in [4.78, 5) is 21.6. The molecule has 1 aromatic heterocycles. The number of likely N-dealkylation sites (tertiary alicyclic amines) is 1. The summed E-state index contributed by atoms with van der Waals surface area (Å²) >= 11 is 0. The highest BCUT2D eigenvalue weighted by molar-refractivity contribution is 5.88. The SMILES string of the molecule is CC(=O)Nc1ccc(C#N)cc1.CC(C)CCN1CCC(C)C[C@@H]1c1nc2ccccc2[nH]1. The zero-order chi connectivity index (χ0) is 23.8. The fraction of sp³-hybridized carbons (Fsp3) is 0.444. The van der Waals surface area contributed by atoms with Crippen molar-refractivity contribution in [1.82, 2.24) is 14.9 Å². The predicted molar refractivity (Wildman–Crippen MR) is 134 cm³/mol. The lowest BCUT2D eigenvalue weighted by atomic mass is 9.91. The third-order valence-corrected chi connectivity index (χ3v) is 6.03. The standard InChI is InChI=1S/C18H27N3.C9H8N2O/c1-13(2)8-10-21-11-9-14(3)12-17(21)18-19-15-6-4-5-7-16(15)20-18;1-7(12)11-9-4-2-8(6-10)3-5-9/h4-7,13-14,17H,8-12H2,1-3H3,(H,19,20);2-5H,1H3,(H,11,12)/t14?,17-;/m1./s1. The number of hydrogen-bond acceptors (Lipinski definition) is 4. The Kier molecular flexibility index (Phi) is 8.62. The summed E-state index contributed by atoms with van der Waals surface area (Å²) in [5.74, 6) is 2.60. The fourth-order valence-corrected chi connectivity index (χ4v) is 4.13. The summed E-state index contributed by atoms with van der Waals surface area (Å²) < 4.78 is 0. The molecule has 0 spiro atoms. The predicted octanol–water partition coefficient (Wildman–Crippen LogP) is 5.90. The number of aromatic nitrogens is 2. The Labute approximate surface area is 197 Å². The second kappa shape index (κ2) is 11.6. The van der Waals surface area contributed by atoms with Crippen LogP contribution >= 0.6 is 0 Å². The summed E-state index contributed by atoms with van der Waals surface area (Å²) in [6.45, 7) is 10.8. The number of H-pyrrole nitrogens is 1. The van der Waals surface area contributed by atoms with Crippen LogP contribution in [0.15, 0.2) is 48.5 Å². The largest absolute Gasteiger partial charge is 0.341 e. The van der Waals surface area contributed by atoms with Crippen LogP contribution in [0.1, 0.15) is 64.4 Å². The Balaban J connectivity index is 0.000000218. The minimum atomic E-state index is -0.111. The van der Waals surface area contributed by atoms with E-state index in [1.165, 1.54) is 39.3 Å². The van der Waals surface area contributed by atoms with Crippen LogP contribution in [0.25, 0.3) is 11.0 Å². The molecule has 1 unspecified atom stereocenters. The number of hydrogen-bond donors (Lipinski definition) is 2. The highest BCUT2D eigenvalue weighted by Gasteiger charge is 2.29. The molecule has 1 saturated heterocycles. The van der Waals surface area contributed by atoms with Crippen molar-refractivity contribution in [1.29, 1.82) is 5.26 Å². The number of aromatic amines is 1. The van der Waals surface area contributed by atoms with E-state index in [-0.39, 0.29) is 5.91 Å². The molecule has 6 nitrogen and oxygen atoms in total. The normalized spacial score (nSPS) is 18.4. The van der Waals surface area contributed by atoms with Gasteiger partial charge in [-0.25, -0.2) is 4.98 Å². The van der Waals surface area contributed by atoms with Crippen molar-refractivity contribution in [3.8, 4) is 6.07 Å². The fourth-order valence-electron chi connectivity index (χ4n) is 4.13. The number of carbonyl (C=O) groups is 1. The molecule has 6 heteroatoms. The van der Waals surface area contributed by atoms with Crippen LogP contribution in [-0.4, -0.2) is 33.9 Å². The number of nitriles is 1. The quantitative estimate of drug-likeness (QED) is 0.512. The first-order chi connectivity index (χ1) is 15.9. The maximum atomic E-state index is 10.6. The van der Waals surface area contributed by atoms with E-state index in [9.17, 15) is 4.79 Å². The van der Waals surface area contributed by atoms with Gasteiger partial charge in [-0.3, -0.25) is 9.69 Å². The molecule has 1 fully saturated rings. The summed E-state index contributed by atoms with van der Waals surface area (Å²) in [7, 11) is 0. The van der Waals surface area contributed by atoms with E-state index >= 15 is 0 Å². The Morgan fingerprint density at radius 3 is 2.61 bits per heavy atom. The van der Waals surface area contributed by atoms with E-state index in [2.05, 4.69) is 60.2 Å². The van der Waals surface area contributed by atoms with Gasteiger partial charge in [0.2, 0.25) is 5.91 Å². The first-order valence-electron chi connectivity index (χ1n) is 11.8. The molecule has 0 radical (unpaired) electrons. The van der Waals surface area contributed by atoms with Crippen molar-refractivity contribution in [2.24, 2.45) is 11.8 Å². The lowest BCUT2D eigenvalue weighted by Crippen LogP contribution is -2.37. The van der Waals surface area contributed by atoms with Gasteiger partial charge in [0.05, 0.1) is 28.7 Å². The number of amides is 1. The molecule has 0 bridgehead atoms. The van der Waals surface area contributed by atoms with Gasteiger partial charge in [-0.1, -0.05) is 32.9 Å². The van der Waals surface area contributed by atoms with Gasteiger partial charge in [0.15, 0.2) is 0 Å². The third-order valence-electron chi connectivity index (χ3n) is 6.03. The molecule has 0 aliphatic carbocycles. The van der Waals surface area contributed by atoms with Crippen LogP contribution in [0.5, 0.6) is 0 Å². The average Bonchev–Trinajstić information content (AvgIpc) is 3.23. The average molecular weight is 446 g/mol. The molecular weight excluding hydrogens is 410 g/mol. The lowest BCUT2D eigenvalue weighted by molar-refractivity contribution is -0.114. The number of imidazole rings is 1. The molecule has 1 amide bonds. The van der Waals surface area contributed by atoms with E-state index in [0.717, 1.165) is 28.7 Å². The van der Waals surface area contributed by atoms with Crippen LogP contribution < -0.4 is 5.32 Å². The summed E-state index contributed by atoms with van der Waals surface area (Å²) in [5, 5.41) is 11.1. The van der Waals surface area contributed by atoms with E-state index in [1.54, 1.807) is 24.3 Å². The Morgan fingerprint density at radius 1 is 1.24 bits per heavy atom. The maximum Gasteiger partial charge on any atom is 0.221 e. The zero-order valence-corrected chi connectivity index (χ0v) is 20.1. The molecule has 3 aromatic rings. The number of piperidine rings is 1. The topological polar surface area (TPSA) is 84.8 Å². The maximum absolute atomic E-state index is 10.6. The number of carbonyl (C=O) groups excluding carboxylic acids is 1. The van der Waals surface area contributed by atoms with Gasteiger partial charge < -0.3 is 10.3 Å². The number of anilines is 1. The highest BCUT2D eigenvalue weighted by Crippen LogP contribution is 2.33. The van der Waals surface area contributed by atoms with Crippen molar-refractivity contribution in [2.45, 2.75) is 53.0 Å². The van der Waals surface area contributed by atoms with Crippen LogP contribution in [0.2, 0.25) is 0 Å². The highest BCUT2D eigenvalue weighted by atomic mass is 16.1. The number of para-hydroxylation sites is 2. The Hall–Kier alpha value is -3.17. The van der Waals surface area contributed by atoms with Crippen molar-refractivity contribution in [2.75, 3.05) is 18.4 Å². The zero-order valence-electron chi connectivity index (χ0n) is 20.1. The monoisotopic (exact) mass is 445 g/mol. The van der Waals surface area contributed by atoms with Gasteiger partial charge in [-0.2, -0.15) is 5.26 Å². The van der Waals surface area contributed by atoms with E-state index in [0.29, 0.717) is 17.3 Å². The smallest absolute Gasteiger partial charge is 0.221 e. The number of rotatable bonds is 5. The Bertz CT molecular complexity index is 1050. The Morgan fingerprint density at radius 2 is 1.97 bits per heavy atom. The molecule has 33 heavy (non-hydrogen) atoms. The van der Waals surface area contributed by atoms with E-state index < -0.39 is 0 Å². The molecule has 1 aliphatic heterocycles. The summed E-state index contributed by atoms with van der Waals surface area (Å²) in [5.41, 5.74) is 3.55. The molecule has 2 aromatic carbocycles.